The maximum atomic E-state index is 14.1. The number of hydrogen-bond acceptors (Lipinski definition) is 6. The van der Waals surface area contributed by atoms with Crippen LogP contribution in [0, 0.1) is 0 Å². The Hall–Kier alpha value is -4.05. The molecule has 0 aliphatic carbocycles. The van der Waals surface area contributed by atoms with Gasteiger partial charge in [0.15, 0.2) is 0 Å². The third-order valence-electron chi connectivity index (χ3n) is 6.44. The molecule has 1 atom stereocenters. The molecule has 0 aromatic heterocycles. The highest BCUT2D eigenvalue weighted by molar-refractivity contribution is 7.92. The van der Waals surface area contributed by atoms with Gasteiger partial charge in [-0.2, -0.15) is 0 Å². The Balaban J connectivity index is 2.03. The Kier molecular flexibility index (Phi) is 11.0. The first kappa shape index (κ1) is 32.5. The third-order valence-corrected chi connectivity index (χ3v) is 8.23. The summed E-state index contributed by atoms with van der Waals surface area (Å²) in [6.07, 6.45) is 0.334. The van der Waals surface area contributed by atoms with Crippen molar-refractivity contribution < 1.29 is 27.5 Å². The van der Waals surface area contributed by atoms with E-state index in [2.05, 4.69) is 5.32 Å². The number of amides is 2. The van der Waals surface area contributed by atoms with Gasteiger partial charge >= 0.3 is 0 Å². The zero-order valence-electron chi connectivity index (χ0n) is 25.2. The van der Waals surface area contributed by atoms with Crippen LogP contribution in [0.3, 0.4) is 0 Å². The maximum Gasteiger partial charge on any atom is 0.264 e. The number of benzene rings is 3. The van der Waals surface area contributed by atoms with Gasteiger partial charge in [0.25, 0.3) is 10.0 Å². The molecule has 0 saturated heterocycles. The molecule has 1 N–H and O–H groups in total. The molecular weight excluding hydrogens is 554 g/mol. The summed E-state index contributed by atoms with van der Waals surface area (Å²) in [5.41, 5.74) is 0.579. The van der Waals surface area contributed by atoms with Gasteiger partial charge in [-0.15, -0.1) is 0 Å². The topological polar surface area (TPSA) is 105 Å². The molecule has 3 aromatic carbocycles. The summed E-state index contributed by atoms with van der Waals surface area (Å²) >= 11 is 0. The van der Waals surface area contributed by atoms with Crippen LogP contribution in [0.5, 0.6) is 11.5 Å². The van der Waals surface area contributed by atoms with E-state index < -0.39 is 34.1 Å². The summed E-state index contributed by atoms with van der Waals surface area (Å²) in [5.74, 6) is 0.374. The molecule has 0 fully saturated rings. The molecule has 0 saturated carbocycles. The number of methoxy groups -OCH3 is 1. The van der Waals surface area contributed by atoms with Crippen molar-refractivity contribution >= 4 is 27.5 Å². The Labute approximate surface area is 249 Å². The van der Waals surface area contributed by atoms with E-state index in [4.69, 9.17) is 9.47 Å². The van der Waals surface area contributed by atoms with E-state index in [1.807, 2.05) is 46.8 Å². The van der Waals surface area contributed by atoms with E-state index >= 15 is 0 Å². The summed E-state index contributed by atoms with van der Waals surface area (Å²) in [4.78, 5) is 29.0. The van der Waals surface area contributed by atoms with Gasteiger partial charge in [0.05, 0.1) is 24.3 Å². The molecule has 9 nitrogen and oxygen atoms in total. The van der Waals surface area contributed by atoms with Crippen LogP contribution >= 0.6 is 0 Å². The number of rotatable bonds is 13. The Bertz CT molecular complexity index is 1420. The van der Waals surface area contributed by atoms with Gasteiger partial charge < -0.3 is 19.7 Å². The second-order valence-corrected chi connectivity index (χ2v) is 12.6. The number of carbonyl (C=O) groups is 2. The molecule has 0 radical (unpaired) electrons. The van der Waals surface area contributed by atoms with Crippen LogP contribution in [0.1, 0.15) is 46.6 Å². The van der Waals surface area contributed by atoms with E-state index in [9.17, 15) is 18.0 Å². The molecule has 10 heteroatoms. The standard InChI is InChI=1S/C32H41N3O6S/c1-7-29(31(37)33-32(3,4)5)34(22-24-14-16-26(40-6)17-15-24)30(36)23-35(25-12-10-9-11-13-25)42(38,39)28-20-18-27(19-21-28)41-8-2/h9-21,29H,7-8,22-23H2,1-6H3,(H,33,37). The minimum absolute atomic E-state index is 0.0156. The van der Waals surface area contributed by atoms with Crippen molar-refractivity contribution in [3.05, 3.63) is 84.4 Å². The van der Waals surface area contributed by atoms with E-state index in [-0.39, 0.29) is 17.3 Å². The zero-order chi connectivity index (χ0) is 30.9. The fourth-order valence-corrected chi connectivity index (χ4v) is 5.84. The number of para-hydroxylation sites is 1. The summed E-state index contributed by atoms with van der Waals surface area (Å²) in [6.45, 7) is 9.32. The predicted octanol–water partition coefficient (Wildman–Crippen LogP) is 5.01. The molecule has 0 aliphatic heterocycles. The Morgan fingerprint density at radius 2 is 1.48 bits per heavy atom. The van der Waals surface area contributed by atoms with Crippen LogP contribution in [0.15, 0.2) is 83.8 Å². The van der Waals surface area contributed by atoms with Gasteiger partial charge in [0.1, 0.15) is 24.1 Å². The molecule has 42 heavy (non-hydrogen) atoms. The quantitative estimate of drug-likeness (QED) is 0.298. The lowest BCUT2D eigenvalue weighted by molar-refractivity contribution is -0.141. The van der Waals surface area contributed by atoms with Crippen LogP contribution in [0.4, 0.5) is 5.69 Å². The maximum absolute atomic E-state index is 14.1. The number of nitrogens with one attached hydrogen (secondary N) is 1. The van der Waals surface area contributed by atoms with Crippen molar-refractivity contribution in [2.75, 3.05) is 24.6 Å². The molecule has 3 aromatic rings. The molecule has 0 bridgehead atoms. The molecule has 0 heterocycles. The molecule has 0 spiro atoms. The number of carbonyl (C=O) groups excluding carboxylic acids is 2. The Morgan fingerprint density at radius 3 is 2.00 bits per heavy atom. The summed E-state index contributed by atoms with van der Waals surface area (Å²) in [7, 11) is -2.60. The van der Waals surface area contributed by atoms with E-state index in [1.165, 1.54) is 17.0 Å². The van der Waals surface area contributed by atoms with Crippen molar-refractivity contribution in [3.63, 3.8) is 0 Å². The Morgan fingerprint density at radius 1 is 0.881 bits per heavy atom. The second-order valence-electron chi connectivity index (χ2n) is 10.8. The lowest BCUT2D eigenvalue weighted by Gasteiger charge is -2.34. The van der Waals surface area contributed by atoms with Crippen molar-refractivity contribution in [2.45, 2.75) is 64.1 Å². The first-order chi connectivity index (χ1) is 19.9. The molecule has 0 aliphatic rings. The van der Waals surface area contributed by atoms with E-state index in [1.54, 1.807) is 61.7 Å². The number of anilines is 1. The number of sulfonamides is 1. The molecule has 2 amide bonds. The normalized spacial score (nSPS) is 12.2. The SMILES string of the molecule is CCOc1ccc(S(=O)(=O)N(CC(=O)N(Cc2ccc(OC)cc2)C(CC)C(=O)NC(C)(C)C)c2ccccc2)cc1. The first-order valence-corrected chi connectivity index (χ1v) is 15.4. The monoisotopic (exact) mass is 595 g/mol. The number of ether oxygens (including phenoxy) is 2. The average Bonchev–Trinajstić information content (AvgIpc) is 2.96. The summed E-state index contributed by atoms with van der Waals surface area (Å²) in [5, 5.41) is 2.97. The highest BCUT2D eigenvalue weighted by Crippen LogP contribution is 2.26. The van der Waals surface area contributed by atoms with Crippen LogP contribution in [-0.4, -0.2) is 57.0 Å². The largest absolute Gasteiger partial charge is 0.497 e. The predicted molar refractivity (Wildman–Crippen MR) is 164 cm³/mol. The first-order valence-electron chi connectivity index (χ1n) is 13.9. The summed E-state index contributed by atoms with van der Waals surface area (Å²) in [6, 6.07) is 20.9. The lowest BCUT2D eigenvalue weighted by Crippen LogP contribution is -2.55. The van der Waals surface area contributed by atoms with Crippen LogP contribution in [0.2, 0.25) is 0 Å². The lowest BCUT2D eigenvalue weighted by atomic mass is 10.1. The van der Waals surface area contributed by atoms with Crippen molar-refractivity contribution in [3.8, 4) is 11.5 Å². The smallest absolute Gasteiger partial charge is 0.264 e. The molecule has 226 valence electrons. The minimum atomic E-state index is -4.16. The zero-order valence-corrected chi connectivity index (χ0v) is 26.0. The van der Waals surface area contributed by atoms with E-state index in [0.717, 1.165) is 9.87 Å². The highest BCUT2D eigenvalue weighted by atomic mass is 32.2. The highest BCUT2D eigenvalue weighted by Gasteiger charge is 2.34. The number of hydrogen-bond donors (Lipinski definition) is 1. The minimum Gasteiger partial charge on any atom is -0.497 e. The molecular formula is C32H41N3O6S. The molecule has 1 unspecified atom stereocenters. The van der Waals surface area contributed by atoms with Gasteiger partial charge in [0.2, 0.25) is 11.8 Å². The average molecular weight is 596 g/mol. The van der Waals surface area contributed by atoms with Gasteiger partial charge in [-0.25, -0.2) is 8.42 Å². The van der Waals surface area contributed by atoms with Crippen LogP contribution < -0.4 is 19.1 Å². The van der Waals surface area contributed by atoms with Crippen molar-refractivity contribution in [1.29, 1.82) is 0 Å². The molecule has 3 rings (SSSR count). The van der Waals surface area contributed by atoms with Crippen LogP contribution in [0.25, 0.3) is 0 Å². The number of nitrogens with zero attached hydrogens (tertiary/aromatic N) is 2. The fraction of sp³-hybridized carbons (Fsp3) is 0.375. The fourth-order valence-electron chi connectivity index (χ4n) is 4.42. The van der Waals surface area contributed by atoms with Crippen molar-refractivity contribution in [2.24, 2.45) is 0 Å². The second kappa shape index (κ2) is 14.2. The van der Waals surface area contributed by atoms with Gasteiger partial charge in [0, 0.05) is 12.1 Å². The van der Waals surface area contributed by atoms with Gasteiger partial charge in [-0.3, -0.25) is 13.9 Å². The summed E-state index contributed by atoms with van der Waals surface area (Å²) < 4.78 is 39.8. The van der Waals surface area contributed by atoms with E-state index in [0.29, 0.717) is 30.2 Å². The van der Waals surface area contributed by atoms with Crippen molar-refractivity contribution in [1.82, 2.24) is 10.2 Å². The third kappa shape index (κ3) is 8.48. The van der Waals surface area contributed by atoms with Gasteiger partial charge in [-0.1, -0.05) is 37.3 Å². The van der Waals surface area contributed by atoms with Crippen LogP contribution in [-0.2, 0) is 26.2 Å². The van der Waals surface area contributed by atoms with Gasteiger partial charge in [-0.05, 0) is 88.2 Å².